The Balaban J connectivity index is 3.19. The molecule has 0 atom stereocenters. The molecule has 0 aliphatic carbocycles. The van der Waals surface area contributed by atoms with Crippen molar-refractivity contribution in [3.8, 4) is 0 Å². The molecule has 0 fully saturated rings. The largest absolute Gasteiger partial charge is 0.303 e. The molecule has 0 amide bonds. The van der Waals surface area contributed by atoms with Gasteiger partial charge in [-0.1, -0.05) is 0 Å². The van der Waals surface area contributed by atoms with Crippen LogP contribution in [0.5, 0.6) is 0 Å². The summed E-state index contributed by atoms with van der Waals surface area (Å²) < 4.78 is 0. The van der Waals surface area contributed by atoms with Crippen LogP contribution in [0, 0.1) is 0 Å². The molecule has 4 nitrogen and oxygen atoms in total. The van der Waals surface area contributed by atoms with Crippen LogP contribution in [0.3, 0.4) is 0 Å². The zero-order valence-corrected chi connectivity index (χ0v) is 6.85. The third-order valence-electron chi connectivity index (χ3n) is 1.02. The summed E-state index contributed by atoms with van der Waals surface area (Å²) in [6.07, 6.45) is 5.42. The maximum Gasteiger partial charge on any atom is 0.125 e. The Morgan fingerprint density at radius 1 is 0.833 bits per heavy atom. The third kappa shape index (κ3) is 8.68. The minimum absolute atomic E-state index is 0.359. The van der Waals surface area contributed by atoms with Gasteiger partial charge in [0.05, 0.1) is 13.1 Å². The van der Waals surface area contributed by atoms with E-state index in [0.29, 0.717) is 25.9 Å². The Morgan fingerprint density at radius 2 is 1.25 bits per heavy atom. The monoisotopic (exact) mass is 168 g/mol. The van der Waals surface area contributed by atoms with Crippen molar-refractivity contribution in [3.63, 3.8) is 0 Å². The van der Waals surface area contributed by atoms with E-state index in [1.54, 1.807) is 12.4 Å². The Hall–Kier alpha value is -1.32. The van der Waals surface area contributed by atoms with Crippen LogP contribution in [0.1, 0.15) is 12.8 Å². The molecule has 0 bridgehead atoms. The topological polar surface area (TPSA) is 58.9 Å². The summed E-state index contributed by atoms with van der Waals surface area (Å²) in [5, 5.41) is 0. The van der Waals surface area contributed by atoms with E-state index >= 15 is 0 Å². The number of carbonyl (C=O) groups is 2. The lowest BCUT2D eigenvalue weighted by molar-refractivity contribution is -0.107. The van der Waals surface area contributed by atoms with Crippen LogP contribution >= 0.6 is 0 Å². The predicted octanol–water partition coefficient (Wildman–Crippen LogP) is 0.306. The summed E-state index contributed by atoms with van der Waals surface area (Å²) >= 11 is 0. The number of rotatable bonds is 7. The molecule has 0 N–H and O–H groups in total. The van der Waals surface area contributed by atoms with E-state index < -0.39 is 0 Å². The third-order valence-corrected chi connectivity index (χ3v) is 1.02. The molecule has 0 unspecified atom stereocenters. The van der Waals surface area contributed by atoms with E-state index in [0.717, 1.165) is 12.6 Å². The van der Waals surface area contributed by atoms with E-state index in [9.17, 15) is 9.59 Å². The van der Waals surface area contributed by atoms with Crippen LogP contribution in [0.4, 0.5) is 0 Å². The van der Waals surface area contributed by atoms with Gasteiger partial charge < -0.3 is 9.59 Å². The highest BCUT2D eigenvalue weighted by molar-refractivity contribution is 5.76. The fourth-order valence-corrected chi connectivity index (χ4v) is 0.533. The van der Waals surface area contributed by atoms with E-state index in [2.05, 4.69) is 9.98 Å². The number of carbonyl (C=O) groups excluding carboxylic acids is 2. The lowest BCUT2D eigenvalue weighted by atomic mass is 10.5. The average Bonchev–Trinajstić information content (AvgIpc) is 2.10. The summed E-state index contributed by atoms with van der Waals surface area (Å²) in [4.78, 5) is 27.4. The lowest BCUT2D eigenvalue weighted by Crippen LogP contribution is -1.89. The minimum atomic E-state index is 0.359. The van der Waals surface area contributed by atoms with E-state index in [1.807, 2.05) is 0 Å². The van der Waals surface area contributed by atoms with Crippen LogP contribution in [0.25, 0.3) is 0 Å². The standard InChI is InChI=1S/C8H12N2O2/c11-7-1-3-9-5-6-10-4-2-8-12/h3-4,7-8H,1-2,5-6H2. The van der Waals surface area contributed by atoms with Crippen molar-refractivity contribution < 1.29 is 9.59 Å². The summed E-state index contributed by atoms with van der Waals surface area (Å²) in [6, 6.07) is 0. The maximum absolute atomic E-state index is 9.82. The Bertz CT molecular complexity index is 156. The first-order chi connectivity index (χ1) is 5.91. The average molecular weight is 168 g/mol. The van der Waals surface area contributed by atoms with Crippen molar-refractivity contribution in [3.05, 3.63) is 0 Å². The molecule has 0 spiro atoms. The van der Waals surface area contributed by atoms with Crippen molar-refractivity contribution in [2.24, 2.45) is 9.98 Å². The zero-order chi connectivity index (χ0) is 9.07. The first kappa shape index (κ1) is 10.7. The summed E-state index contributed by atoms with van der Waals surface area (Å²) in [7, 11) is 0. The van der Waals surface area contributed by atoms with E-state index in [-0.39, 0.29) is 0 Å². The van der Waals surface area contributed by atoms with Crippen molar-refractivity contribution >= 4 is 25.0 Å². The van der Waals surface area contributed by atoms with Crippen molar-refractivity contribution in [2.75, 3.05) is 13.1 Å². The number of hydrogen-bond acceptors (Lipinski definition) is 4. The van der Waals surface area contributed by atoms with Crippen LogP contribution in [-0.4, -0.2) is 38.1 Å². The zero-order valence-electron chi connectivity index (χ0n) is 6.85. The second-order valence-electron chi connectivity index (χ2n) is 1.98. The number of hydrogen-bond donors (Lipinski definition) is 0. The molecule has 4 heteroatoms. The first-order valence-corrected chi connectivity index (χ1v) is 3.75. The van der Waals surface area contributed by atoms with Gasteiger partial charge in [-0.05, 0) is 0 Å². The summed E-state index contributed by atoms with van der Waals surface area (Å²) in [6.45, 7) is 1.15. The molecule has 12 heavy (non-hydrogen) atoms. The number of aliphatic imine (C=N–C) groups is 2. The SMILES string of the molecule is O=CCC=NCCN=CCC=O. The van der Waals surface area contributed by atoms with Gasteiger partial charge in [-0.3, -0.25) is 9.98 Å². The van der Waals surface area contributed by atoms with Gasteiger partial charge >= 0.3 is 0 Å². The lowest BCUT2D eigenvalue weighted by Gasteiger charge is -1.85. The quantitative estimate of drug-likeness (QED) is 0.312. The molecular weight excluding hydrogens is 156 g/mol. The van der Waals surface area contributed by atoms with Crippen LogP contribution in [-0.2, 0) is 9.59 Å². The molecule has 0 heterocycles. The smallest absolute Gasteiger partial charge is 0.125 e. The summed E-state index contributed by atoms with van der Waals surface area (Å²) in [5.74, 6) is 0. The van der Waals surface area contributed by atoms with Crippen molar-refractivity contribution in [1.82, 2.24) is 0 Å². The molecular formula is C8H12N2O2. The van der Waals surface area contributed by atoms with Crippen LogP contribution in [0.2, 0.25) is 0 Å². The fraction of sp³-hybridized carbons (Fsp3) is 0.500. The minimum Gasteiger partial charge on any atom is -0.303 e. The van der Waals surface area contributed by atoms with Gasteiger partial charge in [0.2, 0.25) is 0 Å². The van der Waals surface area contributed by atoms with E-state index in [4.69, 9.17) is 0 Å². The molecule has 0 aromatic heterocycles. The van der Waals surface area contributed by atoms with E-state index in [1.165, 1.54) is 0 Å². The molecule has 66 valence electrons. The highest BCUT2D eigenvalue weighted by Crippen LogP contribution is 1.74. The second kappa shape index (κ2) is 9.68. The second-order valence-corrected chi connectivity index (χ2v) is 1.98. The number of aldehydes is 2. The molecule has 0 saturated heterocycles. The van der Waals surface area contributed by atoms with Gasteiger partial charge in [0.25, 0.3) is 0 Å². The fourth-order valence-electron chi connectivity index (χ4n) is 0.533. The number of nitrogens with zero attached hydrogens (tertiary/aromatic N) is 2. The normalized spacial score (nSPS) is 11.0. The first-order valence-electron chi connectivity index (χ1n) is 3.75. The van der Waals surface area contributed by atoms with Gasteiger partial charge in [0.15, 0.2) is 0 Å². The highest BCUT2D eigenvalue weighted by Gasteiger charge is 1.77. The molecule has 0 aliphatic heterocycles. The highest BCUT2D eigenvalue weighted by atomic mass is 16.1. The molecule has 0 radical (unpaired) electrons. The summed E-state index contributed by atoms with van der Waals surface area (Å²) in [5.41, 5.74) is 0. The Kier molecular flexibility index (Phi) is 8.62. The van der Waals surface area contributed by atoms with Crippen LogP contribution in [0.15, 0.2) is 9.98 Å². The molecule has 0 aromatic carbocycles. The van der Waals surface area contributed by atoms with Gasteiger partial charge in [-0.2, -0.15) is 0 Å². The maximum atomic E-state index is 9.82. The Labute approximate surface area is 71.4 Å². The van der Waals surface area contributed by atoms with Gasteiger partial charge in [-0.25, -0.2) is 0 Å². The molecule has 0 aromatic rings. The Morgan fingerprint density at radius 3 is 1.58 bits per heavy atom. The molecule has 0 saturated carbocycles. The van der Waals surface area contributed by atoms with Crippen LogP contribution < -0.4 is 0 Å². The molecule has 0 rings (SSSR count). The van der Waals surface area contributed by atoms with Gasteiger partial charge in [0.1, 0.15) is 12.6 Å². The van der Waals surface area contributed by atoms with Gasteiger partial charge in [0, 0.05) is 25.3 Å². The van der Waals surface area contributed by atoms with Crippen molar-refractivity contribution in [2.45, 2.75) is 12.8 Å². The van der Waals surface area contributed by atoms with Gasteiger partial charge in [-0.15, -0.1) is 0 Å². The predicted molar refractivity (Wildman–Crippen MR) is 48.1 cm³/mol. The molecule has 0 aliphatic rings. The van der Waals surface area contributed by atoms with Crippen molar-refractivity contribution in [1.29, 1.82) is 0 Å².